The lowest BCUT2D eigenvalue weighted by Gasteiger charge is -2.11. The van der Waals surface area contributed by atoms with Gasteiger partial charge in [0.1, 0.15) is 4.88 Å². The summed E-state index contributed by atoms with van der Waals surface area (Å²) in [6.45, 7) is 3.78. The van der Waals surface area contributed by atoms with Crippen LogP contribution in [0.3, 0.4) is 0 Å². The van der Waals surface area contributed by atoms with E-state index >= 15 is 0 Å². The fraction of sp³-hybridized carbons (Fsp3) is 0.286. The minimum absolute atomic E-state index is 0.269. The van der Waals surface area contributed by atoms with Crippen LogP contribution in [0.5, 0.6) is 0 Å². The number of ether oxygens (including phenoxy) is 1. The highest BCUT2D eigenvalue weighted by atomic mass is 35.5. The zero-order valence-electron chi connectivity index (χ0n) is 11.4. The summed E-state index contributed by atoms with van der Waals surface area (Å²) < 4.78 is 5.93. The van der Waals surface area contributed by atoms with E-state index in [0.717, 1.165) is 10.1 Å². The third-order valence-electron chi connectivity index (χ3n) is 2.78. The van der Waals surface area contributed by atoms with Gasteiger partial charge < -0.3 is 10.1 Å². The molecule has 1 heterocycles. The fourth-order valence-corrected chi connectivity index (χ4v) is 3.42. The number of hydrogen-bond donors (Lipinski definition) is 1. The van der Waals surface area contributed by atoms with Crippen molar-refractivity contribution in [1.29, 1.82) is 0 Å². The van der Waals surface area contributed by atoms with Gasteiger partial charge in [-0.15, -0.1) is 11.3 Å². The summed E-state index contributed by atoms with van der Waals surface area (Å²) in [7, 11) is 0. The first-order chi connectivity index (χ1) is 9.93. The molecule has 0 saturated heterocycles. The van der Waals surface area contributed by atoms with Gasteiger partial charge in [0.05, 0.1) is 5.02 Å². The number of hydrogen-bond acceptors (Lipinski definition) is 4. The lowest BCUT2D eigenvalue weighted by molar-refractivity contribution is -0.128. The van der Waals surface area contributed by atoms with Crippen molar-refractivity contribution < 1.29 is 14.3 Å². The third-order valence-corrected chi connectivity index (χ3v) is 4.65. The summed E-state index contributed by atoms with van der Waals surface area (Å²) in [5, 5.41) is 4.21. The van der Waals surface area contributed by atoms with Crippen LogP contribution >= 0.6 is 34.5 Å². The monoisotopic (exact) mass is 345 g/mol. The molecule has 21 heavy (non-hydrogen) atoms. The number of benzene rings is 1. The molecule has 0 saturated carbocycles. The van der Waals surface area contributed by atoms with E-state index in [2.05, 4.69) is 5.32 Å². The highest BCUT2D eigenvalue weighted by molar-refractivity contribution is 7.21. The summed E-state index contributed by atoms with van der Waals surface area (Å²) in [6, 6.07) is 5.19. The number of rotatable bonds is 4. The molecule has 112 valence electrons. The Kier molecular flexibility index (Phi) is 5.08. The Morgan fingerprint density at radius 2 is 2.10 bits per heavy atom. The first-order valence-corrected chi connectivity index (χ1v) is 7.87. The molecule has 1 N–H and O–H groups in total. The number of amides is 1. The van der Waals surface area contributed by atoms with Crippen LogP contribution in [0.25, 0.3) is 10.1 Å². The van der Waals surface area contributed by atoms with E-state index in [-0.39, 0.29) is 10.8 Å². The molecule has 1 amide bonds. The van der Waals surface area contributed by atoms with Crippen LogP contribution in [-0.4, -0.2) is 24.5 Å². The quantitative estimate of drug-likeness (QED) is 0.855. The number of likely N-dealkylation sites (N-methyl/N-ethyl adjacent to an activating group) is 1. The second kappa shape index (κ2) is 6.64. The SMILES string of the molecule is CCNC(=O)[C@H](C)OC(=O)c1sc2cc(Cl)ccc2c1Cl. The first kappa shape index (κ1) is 16.1. The zero-order chi connectivity index (χ0) is 15.6. The maximum absolute atomic E-state index is 12.1. The highest BCUT2D eigenvalue weighted by Gasteiger charge is 2.23. The van der Waals surface area contributed by atoms with Gasteiger partial charge in [-0.2, -0.15) is 0 Å². The molecule has 0 unspecified atom stereocenters. The van der Waals surface area contributed by atoms with Crippen molar-refractivity contribution in [2.75, 3.05) is 6.54 Å². The van der Waals surface area contributed by atoms with Gasteiger partial charge in [0, 0.05) is 21.7 Å². The second-order valence-electron chi connectivity index (χ2n) is 4.33. The Morgan fingerprint density at radius 1 is 1.38 bits per heavy atom. The molecule has 7 heteroatoms. The van der Waals surface area contributed by atoms with Crippen LogP contribution in [0.15, 0.2) is 18.2 Å². The van der Waals surface area contributed by atoms with E-state index in [1.54, 1.807) is 25.1 Å². The van der Waals surface area contributed by atoms with E-state index in [1.807, 2.05) is 0 Å². The lowest BCUT2D eigenvalue weighted by atomic mass is 10.2. The molecule has 0 radical (unpaired) electrons. The Labute approximate surface area is 136 Å². The van der Waals surface area contributed by atoms with Crippen molar-refractivity contribution in [2.24, 2.45) is 0 Å². The number of nitrogens with one attached hydrogen (secondary N) is 1. The molecule has 0 aliphatic heterocycles. The third kappa shape index (κ3) is 3.48. The molecule has 0 spiro atoms. The molecule has 0 bridgehead atoms. The molecule has 2 rings (SSSR count). The summed E-state index contributed by atoms with van der Waals surface area (Å²) >= 11 is 13.3. The van der Waals surface area contributed by atoms with E-state index in [4.69, 9.17) is 27.9 Å². The minimum Gasteiger partial charge on any atom is -0.448 e. The molecule has 4 nitrogen and oxygen atoms in total. The van der Waals surface area contributed by atoms with Gasteiger partial charge in [-0.25, -0.2) is 4.79 Å². The number of halogens is 2. The van der Waals surface area contributed by atoms with E-state index < -0.39 is 12.1 Å². The second-order valence-corrected chi connectivity index (χ2v) is 6.19. The first-order valence-electron chi connectivity index (χ1n) is 6.30. The largest absolute Gasteiger partial charge is 0.448 e. The minimum atomic E-state index is -0.873. The molecular weight excluding hydrogens is 333 g/mol. The molecule has 1 aromatic heterocycles. The van der Waals surface area contributed by atoms with E-state index in [0.29, 0.717) is 16.6 Å². The van der Waals surface area contributed by atoms with Crippen LogP contribution in [0, 0.1) is 0 Å². The van der Waals surface area contributed by atoms with Crippen molar-refractivity contribution in [3.63, 3.8) is 0 Å². The van der Waals surface area contributed by atoms with Gasteiger partial charge in [-0.1, -0.05) is 29.3 Å². The van der Waals surface area contributed by atoms with Gasteiger partial charge in [0.2, 0.25) is 0 Å². The fourth-order valence-electron chi connectivity index (χ4n) is 1.76. The number of thiophene rings is 1. The molecule has 0 fully saturated rings. The van der Waals surface area contributed by atoms with Gasteiger partial charge in [0.25, 0.3) is 5.91 Å². The summed E-state index contributed by atoms with van der Waals surface area (Å²) in [6.07, 6.45) is -0.873. The van der Waals surface area contributed by atoms with E-state index in [1.165, 1.54) is 18.3 Å². The van der Waals surface area contributed by atoms with Crippen molar-refractivity contribution >= 4 is 56.5 Å². The molecule has 0 aliphatic rings. The number of esters is 1. The summed E-state index contributed by atoms with van der Waals surface area (Å²) in [5.41, 5.74) is 0. The molecule has 1 aromatic carbocycles. The molecule has 1 atom stereocenters. The smallest absolute Gasteiger partial charge is 0.350 e. The van der Waals surface area contributed by atoms with Crippen LogP contribution < -0.4 is 5.32 Å². The maximum atomic E-state index is 12.1. The predicted molar refractivity (Wildman–Crippen MR) is 85.4 cm³/mol. The normalized spacial score (nSPS) is 12.2. The van der Waals surface area contributed by atoms with Gasteiger partial charge >= 0.3 is 5.97 Å². The summed E-state index contributed by atoms with van der Waals surface area (Å²) in [4.78, 5) is 24.0. The molecule has 0 aliphatic carbocycles. The lowest BCUT2D eigenvalue weighted by Crippen LogP contribution is -2.35. The predicted octanol–water partition coefficient (Wildman–Crippen LogP) is 3.89. The Bertz CT molecular complexity index is 699. The Morgan fingerprint density at radius 3 is 2.76 bits per heavy atom. The zero-order valence-corrected chi connectivity index (χ0v) is 13.7. The Hall–Kier alpha value is -1.30. The maximum Gasteiger partial charge on any atom is 0.350 e. The standard InChI is InChI=1S/C14H13Cl2NO3S/c1-3-17-13(18)7(2)20-14(19)12-11(16)9-5-4-8(15)6-10(9)21-12/h4-7H,3H2,1-2H3,(H,17,18)/t7-/m0/s1. The number of carbonyl (C=O) groups is 2. The number of carbonyl (C=O) groups excluding carboxylic acids is 2. The highest BCUT2D eigenvalue weighted by Crippen LogP contribution is 2.37. The van der Waals surface area contributed by atoms with Crippen LogP contribution in [0.1, 0.15) is 23.5 Å². The molecule has 2 aromatic rings. The van der Waals surface area contributed by atoms with Crippen molar-refractivity contribution in [3.05, 3.63) is 33.1 Å². The van der Waals surface area contributed by atoms with Gasteiger partial charge in [-0.05, 0) is 26.0 Å². The average molecular weight is 346 g/mol. The summed E-state index contributed by atoms with van der Waals surface area (Å²) in [5.74, 6) is -0.956. The van der Waals surface area contributed by atoms with E-state index in [9.17, 15) is 9.59 Å². The Balaban J connectivity index is 2.23. The molecular formula is C14H13Cl2NO3S. The van der Waals surface area contributed by atoms with Gasteiger partial charge in [-0.3, -0.25) is 4.79 Å². The van der Waals surface area contributed by atoms with Crippen molar-refractivity contribution in [2.45, 2.75) is 20.0 Å². The van der Waals surface area contributed by atoms with Crippen LogP contribution in [0.4, 0.5) is 0 Å². The number of fused-ring (bicyclic) bond motifs is 1. The van der Waals surface area contributed by atoms with Crippen LogP contribution in [-0.2, 0) is 9.53 Å². The van der Waals surface area contributed by atoms with Crippen LogP contribution in [0.2, 0.25) is 10.0 Å². The average Bonchev–Trinajstić information content (AvgIpc) is 2.75. The van der Waals surface area contributed by atoms with Gasteiger partial charge in [0.15, 0.2) is 6.10 Å². The topological polar surface area (TPSA) is 55.4 Å². The van der Waals surface area contributed by atoms with Crippen molar-refractivity contribution in [1.82, 2.24) is 5.32 Å². The van der Waals surface area contributed by atoms with Crippen molar-refractivity contribution in [3.8, 4) is 0 Å².